The SMILES string of the molecule is CCCCOCC(=O)N(C)C.COCC(=O)N(C)C. The van der Waals surface area contributed by atoms with E-state index in [2.05, 4.69) is 11.7 Å². The van der Waals surface area contributed by atoms with E-state index < -0.39 is 0 Å². The quantitative estimate of drug-likeness (QED) is 0.639. The lowest BCUT2D eigenvalue weighted by Gasteiger charge is -2.09. The summed E-state index contributed by atoms with van der Waals surface area (Å²) in [6.07, 6.45) is 2.14. The summed E-state index contributed by atoms with van der Waals surface area (Å²) in [4.78, 5) is 24.5. The van der Waals surface area contributed by atoms with Crippen molar-refractivity contribution >= 4 is 11.8 Å². The predicted molar refractivity (Wildman–Crippen MR) is 75.0 cm³/mol. The van der Waals surface area contributed by atoms with Gasteiger partial charge in [-0.2, -0.15) is 0 Å². The van der Waals surface area contributed by atoms with E-state index >= 15 is 0 Å². The van der Waals surface area contributed by atoms with Gasteiger partial charge in [0.1, 0.15) is 13.2 Å². The number of carbonyl (C=O) groups excluding carboxylic acids is 2. The van der Waals surface area contributed by atoms with Crippen molar-refractivity contribution in [2.45, 2.75) is 19.8 Å². The topological polar surface area (TPSA) is 59.1 Å². The van der Waals surface area contributed by atoms with E-state index in [1.165, 1.54) is 16.9 Å². The highest BCUT2D eigenvalue weighted by molar-refractivity contribution is 5.77. The van der Waals surface area contributed by atoms with Gasteiger partial charge in [-0.3, -0.25) is 9.59 Å². The molecule has 6 heteroatoms. The zero-order valence-electron chi connectivity index (χ0n) is 13.1. The monoisotopic (exact) mass is 276 g/mol. The van der Waals surface area contributed by atoms with Gasteiger partial charge in [-0.1, -0.05) is 13.3 Å². The molecule has 0 saturated carbocycles. The third-order valence-corrected chi connectivity index (χ3v) is 2.13. The molecule has 0 bridgehead atoms. The zero-order valence-corrected chi connectivity index (χ0v) is 13.1. The van der Waals surface area contributed by atoms with Crippen LogP contribution in [-0.2, 0) is 19.1 Å². The maximum absolute atomic E-state index is 10.9. The highest BCUT2D eigenvalue weighted by Crippen LogP contribution is 1.88. The molecule has 0 aromatic rings. The van der Waals surface area contributed by atoms with E-state index in [-0.39, 0.29) is 25.0 Å². The van der Waals surface area contributed by atoms with Crippen molar-refractivity contribution in [2.24, 2.45) is 0 Å². The van der Waals surface area contributed by atoms with E-state index in [1.807, 2.05) is 0 Å². The first-order valence-electron chi connectivity index (χ1n) is 6.33. The fraction of sp³-hybridized carbons (Fsp3) is 0.846. The minimum absolute atomic E-state index is 0.00694. The number of nitrogens with zero attached hydrogens (tertiary/aromatic N) is 2. The molecule has 6 nitrogen and oxygen atoms in total. The Kier molecular flexibility index (Phi) is 14.1. The lowest BCUT2D eigenvalue weighted by atomic mass is 10.4. The van der Waals surface area contributed by atoms with Crippen LogP contribution < -0.4 is 0 Å². The highest BCUT2D eigenvalue weighted by Gasteiger charge is 2.01. The Balaban J connectivity index is 0. The Hall–Kier alpha value is -1.14. The number of unbranched alkanes of at least 4 members (excludes halogenated alkanes) is 1. The van der Waals surface area contributed by atoms with Crippen molar-refractivity contribution in [2.75, 3.05) is 55.1 Å². The van der Waals surface area contributed by atoms with Gasteiger partial charge in [-0.05, 0) is 6.42 Å². The molecule has 19 heavy (non-hydrogen) atoms. The molecule has 0 unspecified atom stereocenters. The number of methoxy groups -OCH3 is 1. The van der Waals surface area contributed by atoms with Crippen LogP contribution in [0, 0.1) is 0 Å². The third-order valence-electron chi connectivity index (χ3n) is 2.13. The molecule has 0 aliphatic rings. The summed E-state index contributed by atoms with van der Waals surface area (Å²) in [5.41, 5.74) is 0. The molecule has 0 heterocycles. The lowest BCUT2D eigenvalue weighted by Crippen LogP contribution is -2.26. The Morgan fingerprint density at radius 2 is 1.42 bits per heavy atom. The summed E-state index contributed by atoms with van der Waals surface area (Å²) in [5.74, 6) is 0.0219. The number of likely N-dealkylation sites (N-methyl/N-ethyl adjacent to an activating group) is 2. The molecular weight excluding hydrogens is 248 g/mol. The van der Waals surface area contributed by atoms with Crippen LogP contribution in [0.5, 0.6) is 0 Å². The minimum Gasteiger partial charge on any atom is -0.375 e. The fourth-order valence-corrected chi connectivity index (χ4v) is 0.788. The van der Waals surface area contributed by atoms with Crippen molar-refractivity contribution in [3.8, 4) is 0 Å². The summed E-state index contributed by atoms with van der Waals surface area (Å²) in [5, 5.41) is 0. The van der Waals surface area contributed by atoms with Crippen LogP contribution in [0.3, 0.4) is 0 Å². The maximum Gasteiger partial charge on any atom is 0.248 e. The molecule has 0 aromatic carbocycles. The molecule has 0 aliphatic heterocycles. The van der Waals surface area contributed by atoms with Crippen LogP contribution in [0.25, 0.3) is 0 Å². The smallest absolute Gasteiger partial charge is 0.248 e. The van der Waals surface area contributed by atoms with Crippen LogP contribution in [0.4, 0.5) is 0 Å². The van der Waals surface area contributed by atoms with Gasteiger partial charge >= 0.3 is 0 Å². The number of carbonyl (C=O) groups is 2. The van der Waals surface area contributed by atoms with Gasteiger partial charge in [0.15, 0.2) is 0 Å². The molecule has 0 N–H and O–H groups in total. The first-order chi connectivity index (χ1) is 8.86. The van der Waals surface area contributed by atoms with Crippen molar-refractivity contribution in [1.82, 2.24) is 9.80 Å². The Morgan fingerprint density at radius 3 is 1.74 bits per heavy atom. The predicted octanol–water partition coefficient (Wildman–Crippen LogP) is 0.612. The van der Waals surface area contributed by atoms with Crippen molar-refractivity contribution in [3.05, 3.63) is 0 Å². The van der Waals surface area contributed by atoms with Crippen molar-refractivity contribution in [3.63, 3.8) is 0 Å². The Bertz CT molecular complexity index is 243. The number of hydrogen-bond donors (Lipinski definition) is 0. The molecule has 0 fully saturated rings. The van der Waals surface area contributed by atoms with E-state index in [9.17, 15) is 9.59 Å². The largest absolute Gasteiger partial charge is 0.375 e. The second kappa shape index (κ2) is 13.3. The average molecular weight is 276 g/mol. The maximum atomic E-state index is 10.9. The van der Waals surface area contributed by atoms with Crippen LogP contribution in [0.15, 0.2) is 0 Å². The van der Waals surface area contributed by atoms with E-state index in [0.29, 0.717) is 6.61 Å². The van der Waals surface area contributed by atoms with Crippen LogP contribution in [0.2, 0.25) is 0 Å². The molecule has 0 saturated heterocycles. The molecule has 0 aromatic heterocycles. The van der Waals surface area contributed by atoms with E-state index in [4.69, 9.17) is 4.74 Å². The van der Waals surface area contributed by atoms with Crippen LogP contribution >= 0.6 is 0 Å². The van der Waals surface area contributed by atoms with Gasteiger partial charge in [0.2, 0.25) is 11.8 Å². The molecule has 0 spiro atoms. The average Bonchev–Trinajstić information content (AvgIpc) is 2.35. The number of hydrogen-bond acceptors (Lipinski definition) is 4. The summed E-state index contributed by atoms with van der Waals surface area (Å²) >= 11 is 0. The Labute approximate surface area is 116 Å². The third kappa shape index (κ3) is 14.8. The van der Waals surface area contributed by atoms with E-state index in [0.717, 1.165) is 12.8 Å². The van der Waals surface area contributed by atoms with Gasteiger partial charge < -0.3 is 19.3 Å². The van der Waals surface area contributed by atoms with Crippen LogP contribution in [-0.4, -0.2) is 76.7 Å². The summed E-state index contributed by atoms with van der Waals surface area (Å²) < 4.78 is 9.68. The van der Waals surface area contributed by atoms with E-state index in [1.54, 1.807) is 28.2 Å². The zero-order chi connectivity index (χ0) is 15.3. The van der Waals surface area contributed by atoms with Gasteiger partial charge in [-0.25, -0.2) is 0 Å². The molecule has 0 atom stereocenters. The number of rotatable bonds is 7. The second-order valence-corrected chi connectivity index (χ2v) is 4.42. The summed E-state index contributed by atoms with van der Waals surface area (Å²) in [6, 6.07) is 0. The lowest BCUT2D eigenvalue weighted by molar-refractivity contribution is -0.133. The highest BCUT2D eigenvalue weighted by atomic mass is 16.5. The number of amides is 2. The molecule has 0 aliphatic carbocycles. The normalized spacial score (nSPS) is 9.37. The summed E-state index contributed by atoms with van der Waals surface area (Å²) in [6.45, 7) is 3.17. The summed E-state index contributed by atoms with van der Waals surface area (Å²) in [7, 11) is 8.35. The van der Waals surface area contributed by atoms with Gasteiger partial charge in [0, 0.05) is 41.9 Å². The second-order valence-electron chi connectivity index (χ2n) is 4.42. The first kappa shape index (κ1) is 20.2. The van der Waals surface area contributed by atoms with Crippen LogP contribution in [0.1, 0.15) is 19.8 Å². The van der Waals surface area contributed by atoms with Gasteiger partial charge in [0.05, 0.1) is 0 Å². The fourth-order valence-electron chi connectivity index (χ4n) is 0.788. The molecular formula is C13H28N2O4. The molecule has 0 radical (unpaired) electrons. The molecule has 114 valence electrons. The molecule has 2 amide bonds. The number of ether oxygens (including phenoxy) is 2. The van der Waals surface area contributed by atoms with Crippen molar-refractivity contribution in [1.29, 1.82) is 0 Å². The van der Waals surface area contributed by atoms with Gasteiger partial charge in [0.25, 0.3) is 0 Å². The van der Waals surface area contributed by atoms with Crippen molar-refractivity contribution < 1.29 is 19.1 Å². The van der Waals surface area contributed by atoms with Gasteiger partial charge in [-0.15, -0.1) is 0 Å². The first-order valence-corrected chi connectivity index (χ1v) is 6.33. The minimum atomic E-state index is -0.00694. The standard InChI is InChI=1S/C8H17NO2.C5H11NO2/c1-4-5-6-11-7-8(10)9(2)3;1-6(2)5(7)4-8-3/h4-7H2,1-3H3;4H2,1-3H3. The molecule has 0 rings (SSSR count). The Morgan fingerprint density at radius 1 is 0.947 bits per heavy atom.